The minimum atomic E-state index is -1.10. The van der Waals surface area contributed by atoms with E-state index in [0.717, 1.165) is 5.56 Å². The van der Waals surface area contributed by atoms with Gasteiger partial charge >= 0.3 is 0 Å². The SMILES string of the molecule is CC(=O)NCC(O)C(O)c1cccc2c1CCC2=O. The van der Waals surface area contributed by atoms with Crippen molar-refractivity contribution < 1.29 is 19.8 Å². The molecule has 0 bridgehead atoms. The van der Waals surface area contributed by atoms with E-state index in [4.69, 9.17) is 0 Å². The number of aliphatic hydroxyl groups excluding tert-OH is 2. The average Bonchev–Trinajstić information content (AvgIpc) is 2.77. The number of carbonyl (C=O) groups excluding carboxylic acids is 2. The highest BCUT2D eigenvalue weighted by atomic mass is 16.3. The Bertz CT molecular complexity index is 512. The molecule has 1 aromatic carbocycles. The largest absolute Gasteiger partial charge is 0.388 e. The summed E-state index contributed by atoms with van der Waals surface area (Å²) in [6.07, 6.45) is -1.16. The van der Waals surface area contributed by atoms with Crippen LogP contribution in [0.25, 0.3) is 0 Å². The fourth-order valence-electron chi connectivity index (χ4n) is 2.36. The van der Waals surface area contributed by atoms with Gasteiger partial charge in [-0.15, -0.1) is 0 Å². The molecule has 2 rings (SSSR count). The summed E-state index contributed by atoms with van der Waals surface area (Å²) < 4.78 is 0. The number of nitrogens with one attached hydrogen (secondary N) is 1. The Morgan fingerprint density at radius 2 is 2.11 bits per heavy atom. The van der Waals surface area contributed by atoms with Gasteiger partial charge in [-0.1, -0.05) is 18.2 Å². The Hall–Kier alpha value is -1.72. The third-order valence-corrected chi connectivity index (χ3v) is 3.36. The van der Waals surface area contributed by atoms with Crippen molar-refractivity contribution in [2.45, 2.75) is 32.0 Å². The molecular formula is C14H17NO4. The van der Waals surface area contributed by atoms with Gasteiger partial charge in [0.05, 0.1) is 0 Å². The summed E-state index contributed by atoms with van der Waals surface area (Å²) in [7, 11) is 0. The lowest BCUT2D eigenvalue weighted by molar-refractivity contribution is -0.119. The Kier molecular flexibility index (Phi) is 3.97. The van der Waals surface area contributed by atoms with E-state index in [1.807, 2.05) is 0 Å². The number of aliphatic hydroxyl groups is 2. The molecule has 1 aliphatic rings. The van der Waals surface area contributed by atoms with Crippen molar-refractivity contribution in [3.8, 4) is 0 Å². The van der Waals surface area contributed by atoms with Crippen molar-refractivity contribution in [2.24, 2.45) is 0 Å². The molecule has 19 heavy (non-hydrogen) atoms. The molecule has 5 nitrogen and oxygen atoms in total. The van der Waals surface area contributed by atoms with Crippen LogP contribution in [-0.4, -0.2) is 34.6 Å². The Labute approximate surface area is 111 Å². The number of amides is 1. The van der Waals surface area contributed by atoms with Crippen molar-refractivity contribution in [3.05, 3.63) is 34.9 Å². The van der Waals surface area contributed by atoms with Gasteiger partial charge in [0.15, 0.2) is 5.78 Å². The maximum atomic E-state index is 11.6. The molecule has 0 saturated heterocycles. The summed E-state index contributed by atoms with van der Waals surface area (Å²) in [6.45, 7) is 1.33. The van der Waals surface area contributed by atoms with Crippen LogP contribution in [0.4, 0.5) is 0 Å². The lowest BCUT2D eigenvalue weighted by atomic mass is 9.96. The van der Waals surface area contributed by atoms with Gasteiger partial charge < -0.3 is 15.5 Å². The molecule has 0 radical (unpaired) electrons. The van der Waals surface area contributed by atoms with Gasteiger partial charge in [-0.3, -0.25) is 9.59 Å². The van der Waals surface area contributed by atoms with Crippen molar-refractivity contribution in [1.29, 1.82) is 0 Å². The second-order valence-corrected chi connectivity index (χ2v) is 4.75. The molecule has 0 saturated carbocycles. The van der Waals surface area contributed by atoms with Crippen molar-refractivity contribution in [1.82, 2.24) is 5.32 Å². The monoisotopic (exact) mass is 263 g/mol. The number of benzene rings is 1. The molecule has 5 heteroatoms. The number of Topliss-reactive ketones (excluding diaryl/α,β-unsaturated/α-hetero) is 1. The van der Waals surface area contributed by atoms with E-state index in [2.05, 4.69) is 5.32 Å². The van der Waals surface area contributed by atoms with Crippen molar-refractivity contribution >= 4 is 11.7 Å². The number of ketones is 1. The van der Waals surface area contributed by atoms with Crippen LogP contribution >= 0.6 is 0 Å². The van der Waals surface area contributed by atoms with E-state index in [1.54, 1.807) is 18.2 Å². The molecular weight excluding hydrogens is 246 g/mol. The fourth-order valence-corrected chi connectivity index (χ4v) is 2.36. The van der Waals surface area contributed by atoms with Crippen LogP contribution in [0, 0.1) is 0 Å². The lowest BCUT2D eigenvalue weighted by Gasteiger charge is -2.20. The lowest BCUT2D eigenvalue weighted by Crippen LogP contribution is -2.34. The molecule has 1 amide bonds. The van der Waals surface area contributed by atoms with Gasteiger partial charge in [0.2, 0.25) is 5.91 Å². The van der Waals surface area contributed by atoms with Crippen LogP contribution in [0.2, 0.25) is 0 Å². The Balaban J connectivity index is 2.18. The molecule has 1 aromatic rings. The van der Waals surface area contributed by atoms with Crippen LogP contribution < -0.4 is 5.32 Å². The maximum Gasteiger partial charge on any atom is 0.216 e. The highest BCUT2D eigenvalue weighted by Crippen LogP contribution is 2.30. The minimum absolute atomic E-state index is 0.0197. The predicted molar refractivity (Wildman–Crippen MR) is 68.7 cm³/mol. The highest BCUT2D eigenvalue weighted by Gasteiger charge is 2.27. The quantitative estimate of drug-likeness (QED) is 0.731. The molecule has 1 aliphatic carbocycles. The average molecular weight is 263 g/mol. The number of hydrogen-bond acceptors (Lipinski definition) is 4. The molecule has 0 heterocycles. The normalized spacial score (nSPS) is 16.9. The summed E-state index contributed by atoms with van der Waals surface area (Å²) in [6, 6.07) is 5.14. The van der Waals surface area contributed by atoms with Gasteiger partial charge in [-0.25, -0.2) is 0 Å². The number of carbonyl (C=O) groups is 2. The summed E-state index contributed by atoms with van der Waals surface area (Å²) in [5, 5.41) is 22.5. The van der Waals surface area contributed by atoms with E-state index in [-0.39, 0.29) is 18.2 Å². The standard InChI is InChI=1S/C14H17NO4/c1-8(16)15-7-13(18)14(19)11-4-2-3-10-9(11)5-6-12(10)17/h2-4,13-14,18-19H,5-7H2,1H3,(H,15,16). The third-order valence-electron chi connectivity index (χ3n) is 3.36. The Morgan fingerprint density at radius 1 is 1.37 bits per heavy atom. The van der Waals surface area contributed by atoms with Crippen LogP contribution in [0.1, 0.15) is 40.9 Å². The van der Waals surface area contributed by atoms with Crippen molar-refractivity contribution in [2.75, 3.05) is 6.54 Å². The first kappa shape index (κ1) is 13.7. The second-order valence-electron chi connectivity index (χ2n) is 4.75. The molecule has 0 fully saturated rings. The van der Waals surface area contributed by atoms with E-state index in [1.165, 1.54) is 6.92 Å². The zero-order valence-electron chi connectivity index (χ0n) is 10.7. The Morgan fingerprint density at radius 3 is 2.79 bits per heavy atom. The van der Waals surface area contributed by atoms with E-state index in [9.17, 15) is 19.8 Å². The summed E-state index contributed by atoms with van der Waals surface area (Å²) in [5.41, 5.74) is 2.01. The van der Waals surface area contributed by atoms with Gasteiger partial charge in [0, 0.05) is 25.5 Å². The minimum Gasteiger partial charge on any atom is -0.388 e. The first-order valence-electron chi connectivity index (χ1n) is 6.26. The first-order valence-corrected chi connectivity index (χ1v) is 6.26. The number of rotatable bonds is 4. The van der Waals surface area contributed by atoms with Gasteiger partial charge in [0.1, 0.15) is 12.2 Å². The van der Waals surface area contributed by atoms with E-state index < -0.39 is 12.2 Å². The van der Waals surface area contributed by atoms with Crippen molar-refractivity contribution in [3.63, 3.8) is 0 Å². The maximum absolute atomic E-state index is 11.6. The fraction of sp³-hybridized carbons (Fsp3) is 0.429. The molecule has 102 valence electrons. The number of hydrogen-bond donors (Lipinski definition) is 3. The highest BCUT2D eigenvalue weighted by molar-refractivity contribution is 6.00. The third kappa shape index (κ3) is 2.83. The zero-order chi connectivity index (χ0) is 14.0. The van der Waals surface area contributed by atoms with Crippen LogP contribution in [0.5, 0.6) is 0 Å². The molecule has 2 unspecified atom stereocenters. The van der Waals surface area contributed by atoms with Crippen LogP contribution in [-0.2, 0) is 11.2 Å². The molecule has 0 aromatic heterocycles. The van der Waals surface area contributed by atoms with E-state index in [0.29, 0.717) is 24.0 Å². The summed E-state index contributed by atoms with van der Waals surface area (Å²) >= 11 is 0. The topological polar surface area (TPSA) is 86.6 Å². The van der Waals surface area contributed by atoms with Gasteiger partial charge in [-0.2, -0.15) is 0 Å². The zero-order valence-corrected chi connectivity index (χ0v) is 10.7. The first-order chi connectivity index (χ1) is 9.00. The summed E-state index contributed by atoms with van der Waals surface area (Å²) in [4.78, 5) is 22.4. The molecule has 2 atom stereocenters. The van der Waals surface area contributed by atoms with Crippen LogP contribution in [0.15, 0.2) is 18.2 Å². The van der Waals surface area contributed by atoms with Gasteiger partial charge in [0.25, 0.3) is 0 Å². The number of fused-ring (bicyclic) bond motifs is 1. The molecule has 3 N–H and O–H groups in total. The van der Waals surface area contributed by atoms with Gasteiger partial charge in [-0.05, 0) is 17.5 Å². The smallest absolute Gasteiger partial charge is 0.216 e. The predicted octanol–water partition coefficient (Wildman–Crippen LogP) is 0.346. The van der Waals surface area contributed by atoms with Crippen LogP contribution in [0.3, 0.4) is 0 Å². The molecule has 0 spiro atoms. The molecule has 0 aliphatic heterocycles. The van der Waals surface area contributed by atoms with E-state index >= 15 is 0 Å². The summed E-state index contributed by atoms with van der Waals surface area (Å²) in [5.74, 6) is -0.194. The second kappa shape index (κ2) is 5.50.